The molecule has 0 aromatic heterocycles. The predicted molar refractivity (Wildman–Crippen MR) is 59.7 cm³/mol. The predicted octanol–water partition coefficient (Wildman–Crippen LogP) is 2.19. The molecule has 3 heteroatoms. The van der Waals surface area contributed by atoms with Crippen molar-refractivity contribution in [1.29, 1.82) is 10.5 Å². The van der Waals surface area contributed by atoms with Crippen molar-refractivity contribution in [3.05, 3.63) is 59.4 Å². The fraction of sp³-hybridized carbons (Fsp3) is 0.0769. The molecule has 0 fully saturated rings. The Balaban J connectivity index is 2.48. The van der Waals surface area contributed by atoms with Crippen LogP contribution in [0.4, 0.5) is 0 Å². The van der Waals surface area contributed by atoms with Crippen LogP contribution in [0.3, 0.4) is 0 Å². The Morgan fingerprint density at radius 1 is 0.938 bits per heavy atom. The van der Waals surface area contributed by atoms with E-state index in [4.69, 9.17) is 10.5 Å². The minimum atomic E-state index is -0.238. The van der Waals surface area contributed by atoms with Crippen molar-refractivity contribution < 1.29 is 0 Å². The minimum absolute atomic E-state index is 0.238. The van der Waals surface area contributed by atoms with Gasteiger partial charge in [0.25, 0.3) is 0 Å². The van der Waals surface area contributed by atoms with Crippen LogP contribution in [0.1, 0.15) is 11.5 Å². The fourth-order valence-electron chi connectivity index (χ4n) is 1.75. The lowest BCUT2D eigenvalue weighted by Crippen LogP contribution is -2.14. The maximum atomic E-state index is 9.04. The first-order chi connectivity index (χ1) is 7.86. The van der Waals surface area contributed by atoms with Crippen molar-refractivity contribution in [1.82, 2.24) is 5.32 Å². The highest BCUT2D eigenvalue weighted by Gasteiger charge is 2.23. The molecule has 76 valence electrons. The summed E-state index contributed by atoms with van der Waals surface area (Å²) >= 11 is 0. The van der Waals surface area contributed by atoms with Crippen LogP contribution in [-0.2, 0) is 0 Å². The molecule has 16 heavy (non-hydrogen) atoms. The molecule has 1 aromatic rings. The number of nitrogens with one attached hydrogen (secondary N) is 1. The highest BCUT2D eigenvalue weighted by Crippen LogP contribution is 2.32. The van der Waals surface area contributed by atoms with Crippen LogP contribution in [0.15, 0.2) is 53.9 Å². The number of allylic oxidation sites excluding steroid dienone is 2. The van der Waals surface area contributed by atoms with E-state index in [0.717, 1.165) is 5.56 Å². The van der Waals surface area contributed by atoms with Gasteiger partial charge in [0.1, 0.15) is 0 Å². The number of nitriles is 2. The maximum absolute atomic E-state index is 9.04. The van der Waals surface area contributed by atoms with Gasteiger partial charge in [-0.05, 0) is 5.56 Å². The number of rotatable bonds is 1. The van der Waals surface area contributed by atoms with Gasteiger partial charge in [-0.2, -0.15) is 10.5 Å². The van der Waals surface area contributed by atoms with Crippen LogP contribution in [-0.4, -0.2) is 0 Å². The third-order valence-corrected chi connectivity index (χ3v) is 2.49. The number of benzene rings is 1. The lowest BCUT2D eigenvalue weighted by atomic mass is 9.85. The maximum Gasteiger partial charge on any atom is 0.0972 e. The van der Waals surface area contributed by atoms with E-state index in [0.29, 0.717) is 11.1 Å². The molecule has 0 saturated heterocycles. The molecule has 1 aliphatic rings. The molecule has 0 atom stereocenters. The van der Waals surface area contributed by atoms with Crippen LogP contribution in [0.2, 0.25) is 0 Å². The van der Waals surface area contributed by atoms with Crippen LogP contribution < -0.4 is 5.32 Å². The zero-order valence-electron chi connectivity index (χ0n) is 8.51. The minimum Gasteiger partial charge on any atom is -0.366 e. The Kier molecular flexibility index (Phi) is 2.71. The molecular formula is C13H9N3. The molecule has 0 unspecified atom stereocenters. The van der Waals surface area contributed by atoms with Crippen molar-refractivity contribution in [3.63, 3.8) is 0 Å². The Morgan fingerprint density at radius 3 is 2.00 bits per heavy atom. The lowest BCUT2D eigenvalue weighted by Gasteiger charge is -2.19. The van der Waals surface area contributed by atoms with Crippen LogP contribution >= 0.6 is 0 Å². The van der Waals surface area contributed by atoms with Crippen LogP contribution in [0.5, 0.6) is 0 Å². The molecule has 0 radical (unpaired) electrons. The van der Waals surface area contributed by atoms with Gasteiger partial charge in [0, 0.05) is 12.4 Å². The Labute approximate surface area is 93.9 Å². The van der Waals surface area contributed by atoms with Gasteiger partial charge in [-0.25, -0.2) is 0 Å². The topological polar surface area (TPSA) is 59.6 Å². The summed E-state index contributed by atoms with van der Waals surface area (Å²) in [5.74, 6) is -0.238. The van der Waals surface area contributed by atoms with E-state index in [1.807, 2.05) is 30.3 Å². The molecule has 1 heterocycles. The van der Waals surface area contributed by atoms with E-state index in [9.17, 15) is 0 Å². The zero-order chi connectivity index (χ0) is 11.4. The molecule has 0 spiro atoms. The Morgan fingerprint density at radius 2 is 1.50 bits per heavy atom. The van der Waals surface area contributed by atoms with Gasteiger partial charge in [-0.1, -0.05) is 30.3 Å². The lowest BCUT2D eigenvalue weighted by molar-refractivity contribution is 0.912. The Hall–Kier alpha value is -2.52. The summed E-state index contributed by atoms with van der Waals surface area (Å²) in [6.07, 6.45) is 3.27. The van der Waals surface area contributed by atoms with Gasteiger partial charge in [0.15, 0.2) is 0 Å². The number of hydrogen-bond acceptors (Lipinski definition) is 3. The van der Waals surface area contributed by atoms with E-state index < -0.39 is 0 Å². The van der Waals surface area contributed by atoms with E-state index in [2.05, 4.69) is 17.5 Å². The third kappa shape index (κ3) is 1.67. The third-order valence-electron chi connectivity index (χ3n) is 2.49. The molecule has 2 rings (SSSR count). The first-order valence-electron chi connectivity index (χ1n) is 4.88. The van der Waals surface area contributed by atoms with E-state index in [1.54, 1.807) is 12.4 Å². The summed E-state index contributed by atoms with van der Waals surface area (Å²) in [4.78, 5) is 0. The smallest absolute Gasteiger partial charge is 0.0972 e. The van der Waals surface area contributed by atoms with Gasteiger partial charge in [0.05, 0.1) is 29.2 Å². The first-order valence-corrected chi connectivity index (χ1v) is 4.88. The highest BCUT2D eigenvalue weighted by molar-refractivity contribution is 5.50. The number of nitrogens with zero attached hydrogens (tertiary/aromatic N) is 2. The van der Waals surface area contributed by atoms with Gasteiger partial charge in [-0.15, -0.1) is 0 Å². The second-order valence-corrected chi connectivity index (χ2v) is 3.43. The second kappa shape index (κ2) is 4.33. The van der Waals surface area contributed by atoms with Crippen molar-refractivity contribution in [2.24, 2.45) is 0 Å². The van der Waals surface area contributed by atoms with Crippen LogP contribution in [0, 0.1) is 22.7 Å². The summed E-state index contributed by atoms with van der Waals surface area (Å²) in [5, 5.41) is 20.9. The number of hydrogen-bond donors (Lipinski definition) is 1. The molecule has 0 bridgehead atoms. The van der Waals surface area contributed by atoms with Crippen molar-refractivity contribution in [3.8, 4) is 12.1 Å². The first kappa shape index (κ1) is 10.0. The van der Waals surface area contributed by atoms with Gasteiger partial charge >= 0.3 is 0 Å². The molecule has 0 saturated carbocycles. The highest BCUT2D eigenvalue weighted by atomic mass is 14.8. The summed E-state index contributed by atoms with van der Waals surface area (Å²) < 4.78 is 0. The summed E-state index contributed by atoms with van der Waals surface area (Å²) in [6, 6.07) is 13.8. The summed E-state index contributed by atoms with van der Waals surface area (Å²) in [7, 11) is 0. The largest absolute Gasteiger partial charge is 0.366 e. The molecule has 0 aliphatic carbocycles. The zero-order valence-corrected chi connectivity index (χ0v) is 8.51. The van der Waals surface area contributed by atoms with E-state index in [-0.39, 0.29) is 5.92 Å². The molecule has 3 nitrogen and oxygen atoms in total. The van der Waals surface area contributed by atoms with Crippen molar-refractivity contribution in [2.75, 3.05) is 0 Å². The monoisotopic (exact) mass is 207 g/mol. The molecule has 1 aromatic carbocycles. The quantitative estimate of drug-likeness (QED) is 0.767. The average molecular weight is 207 g/mol. The van der Waals surface area contributed by atoms with Gasteiger partial charge in [0.2, 0.25) is 0 Å². The second-order valence-electron chi connectivity index (χ2n) is 3.43. The molecular weight excluding hydrogens is 198 g/mol. The normalized spacial score (nSPS) is 15.1. The van der Waals surface area contributed by atoms with Crippen LogP contribution in [0.25, 0.3) is 0 Å². The van der Waals surface area contributed by atoms with Crippen molar-refractivity contribution in [2.45, 2.75) is 5.92 Å². The summed E-state index contributed by atoms with van der Waals surface area (Å²) in [5.41, 5.74) is 2.08. The molecule has 1 N–H and O–H groups in total. The van der Waals surface area contributed by atoms with Gasteiger partial charge in [-0.3, -0.25) is 0 Å². The summed E-state index contributed by atoms with van der Waals surface area (Å²) in [6.45, 7) is 0. The van der Waals surface area contributed by atoms with Crippen molar-refractivity contribution >= 4 is 0 Å². The number of dihydropyridines is 1. The van der Waals surface area contributed by atoms with E-state index in [1.165, 1.54) is 0 Å². The standard InChI is InChI=1S/C13H9N3/c14-6-11-8-16-9-12(7-15)13(11)10-4-2-1-3-5-10/h1-5,8-9,13,16H. The fourth-order valence-corrected chi connectivity index (χ4v) is 1.75. The average Bonchev–Trinajstić information content (AvgIpc) is 2.38. The molecule has 1 aliphatic heterocycles. The Bertz CT molecular complexity index is 497. The SMILES string of the molecule is N#CC1=CNC=C(C#N)C1c1ccccc1. The molecule has 0 amide bonds. The van der Waals surface area contributed by atoms with Gasteiger partial charge < -0.3 is 5.32 Å². The van der Waals surface area contributed by atoms with E-state index >= 15 is 0 Å².